The van der Waals surface area contributed by atoms with E-state index in [0.29, 0.717) is 18.1 Å². The summed E-state index contributed by atoms with van der Waals surface area (Å²) in [5.74, 6) is 0.821. The maximum absolute atomic E-state index is 9.76. The lowest BCUT2D eigenvalue weighted by Crippen LogP contribution is -1.98. The fraction of sp³-hybridized carbons (Fsp3) is 0.333. The van der Waals surface area contributed by atoms with E-state index in [9.17, 15) is 5.11 Å². The Morgan fingerprint density at radius 1 is 1.41 bits per heavy atom. The highest BCUT2D eigenvalue weighted by Gasteiger charge is 2.16. The summed E-state index contributed by atoms with van der Waals surface area (Å²) in [6.45, 7) is 2.00. The molecule has 17 heavy (non-hydrogen) atoms. The molecule has 1 N–H and O–H groups in total. The summed E-state index contributed by atoms with van der Waals surface area (Å²) in [4.78, 5) is 4.23. The third-order valence-electron chi connectivity index (χ3n) is 2.41. The van der Waals surface area contributed by atoms with Crippen LogP contribution in [-0.2, 0) is 0 Å². The molecular formula is C12H13IN2O2. The molecule has 2 rings (SSSR count). The minimum absolute atomic E-state index is 0.363. The molecule has 0 aliphatic rings. The van der Waals surface area contributed by atoms with E-state index in [1.165, 1.54) is 0 Å². The van der Waals surface area contributed by atoms with Gasteiger partial charge in [-0.15, -0.1) is 0 Å². The summed E-state index contributed by atoms with van der Waals surface area (Å²) >= 11 is 2.22. The van der Waals surface area contributed by atoms with E-state index in [4.69, 9.17) is 4.52 Å². The first-order valence-electron chi connectivity index (χ1n) is 5.49. The van der Waals surface area contributed by atoms with Gasteiger partial charge in [0.2, 0.25) is 5.82 Å². The first kappa shape index (κ1) is 12.5. The van der Waals surface area contributed by atoms with Crippen LogP contribution in [0, 0.1) is 3.57 Å². The molecule has 0 fully saturated rings. The van der Waals surface area contributed by atoms with Crippen molar-refractivity contribution >= 4 is 22.6 Å². The molecule has 1 heterocycles. The molecule has 1 atom stereocenters. The van der Waals surface area contributed by atoms with E-state index in [1.54, 1.807) is 0 Å². The van der Waals surface area contributed by atoms with Crippen LogP contribution in [0.3, 0.4) is 0 Å². The van der Waals surface area contributed by atoms with E-state index in [-0.39, 0.29) is 0 Å². The molecule has 4 nitrogen and oxygen atoms in total. The number of rotatable bonds is 4. The highest BCUT2D eigenvalue weighted by Crippen LogP contribution is 2.25. The van der Waals surface area contributed by atoms with E-state index >= 15 is 0 Å². The summed E-state index contributed by atoms with van der Waals surface area (Å²) in [6.07, 6.45) is 0.887. The van der Waals surface area contributed by atoms with Crippen LogP contribution in [0.4, 0.5) is 0 Å². The van der Waals surface area contributed by atoms with Crippen LogP contribution < -0.4 is 0 Å². The standard InChI is InChI=1S/C12H13IN2O2/c1-2-5-10(16)11-14-12(17-15-11)8-6-3-4-7-9(8)13/h3-4,6-7,10,16H,2,5H2,1H3. The Kier molecular flexibility index (Phi) is 4.11. The van der Waals surface area contributed by atoms with Gasteiger partial charge in [0.1, 0.15) is 6.10 Å². The van der Waals surface area contributed by atoms with E-state index in [1.807, 2.05) is 31.2 Å². The van der Waals surface area contributed by atoms with Crippen LogP contribution in [0.25, 0.3) is 11.5 Å². The van der Waals surface area contributed by atoms with Crippen molar-refractivity contribution in [2.24, 2.45) is 0 Å². The largest absolute Gasteiger partial charge is 0.385 e. The van der Waals surface area contributed by atoms with Crippen LogP contribution >= 0.6 is 22.6 Å². The Hall–Kier alpha value is -0.950. The van der Waals surface area contributed by atoms with Crippen molar-refractivity contribution < 1.29 is 9.63 Å². The lowest BCUT2D eigenvalue weighted by Gasteiger charge is -2.01. The monoisotopic (exact) mass is 344 g/mol. The van der Waals surface area contributed by atoms with Gasteiger partial charge in [0.15, 0.2) is 0 Å². The molecule has 90 valence electrons. The molecule has 1 aromatic heterocycles. The number of hydrogen-bond acceptors (Lipinski definition) is 4. The van der Waals surface area contributed by atoms with E-state index in [0.717, 1.165) is 15.6 Å². The molecule has 0 aliphatic carbocycles. The second kappa shape index (κ2) is 5.59. The first-order valence-corrected chi connectivity index (χ1v) is 6.56. The number of aliphatic hydroxyl groups excluding tert-OH is 1. The molecule has 1 unspecified atom stereocenters. The topological polar surface area (TPSA) is 59.2 Å². The molecule has 5 heteroatoms. The zero-order chi connectivity index (χ0) is 12.3. The minimum atomic E-state index is -0.640. The van der Waals surface area contributed by atoms with Gasteiger partial charge in [0.25, 0.3) is 5.89 Å². The maximum Gasteiger partial charge on any atom is 0.259 e. The van der Waals surface area contributed by atoms with E-state index < -0.39 is 6.10 Å². The van der Waals surface area contributed by atoms with Crippen molar-refractivity contribution in [3.05, 3.63) is 33.7 Å². The van der Waals surface area contributed by atoms with Gasteiger partial charge in [0.05, 0.1) is 5.56 Å². The van der Waals surface area contributed by atoms with Crippen molar-refractivity contribution in [2.45, 2.75) is 25.9 Å². The summed E-state index contributed by atoms with van der Waals surface area (Å²) in [5.41, 5.74) is 0.899. The Bertz CT molecular complexity index is 499. The fourth-order valence-corrected chi connectivity index (χ4v) is 2.13. The van der Waals surface area contributed by atoms with Gasteiger partial charge in [-0.25, -0.2) is 0 Å². The Balaban J connectivity index is 2.27. The molecule has 0 aliphatic heterocycles. The van der Waals surface area contributed by atoms with Gasteiger partial charge in [-0.05, 0) is 41.1 Å². The zero-order valence-electron chi connectivity index (χ0n) is 9.43. The molecule has 0 saturated carbocycles. The number of aromatic nitrogens is 2. The lowest BCUT2D eigenvalue weighted by atomic mass is 10.2. The van der Waals surface area contributed by atoms with Crippen LogP contribution in [0.5, 0.6) is 0 Å². The zero-order valence-corrected chi connectivity index (χ0v) is 11.6. The Morgan fingerprint density at radius 3 is 2.88 bits per heavy atom. The molecule has 2 aromatic rings. The molecule has 0 spiro atoms. The summed E-state index contributed by atoms with van der Waals surface area (Å²) in [6, 6.07) is 7.77. The lowest BCUT2D eigenvalue weighted by molar-refractivity contribution is 0.153. The fourth-order valence-electron chi connectivity index (χ4n) is 1.52. The maximum atomic E-state index is 9.76. The van der Waals surface area contributed by atoms with Crippen molar-refractivity contribution in [3.63, 3.8) is 0 Å². The molecule has 0 amide bonds. The van der Waals surface area contributed by atoms with Crippen LogP contribution in [-0.4, -0.2) is 15.2 Å². The molecule has 0 bridgehead atoms. The molecule has 0 saturated heterocycles. The number of hydrogen-bond donors (Lipinski definition) is 1. The second-order valence-corrected chi connectivity index (χ2v) is 4.90. The third-order valence-corrected chi connectivity index (χ3v) is 3.35. The molecular weight excluding hydrogens is 331 g/mol. The SMILES string of the molecule is CCCC(O)c1noc(-c2ccccc2I)n1. The summed E-state index contributed by atoms with van der Waals surface area (Å²) in [7, 11) is 0. The Morgan fingerprint density at radius 2 is 2.18 bits per heavy atom. The summed E-state index contributed by atoms with van der Waals surface area (Å²) in [5, 5.41) is 13.6. The third kappa shape index (κ3) is 2.84. The predicted molar refractivity (Wildman–Crippen MR) is 72.3 cm³/mol. The molecule has 0 radical (unpaired) electrons. The first-order chi connectivity index (χ1) is 8.22. The number of benzene rings is 1. The van der Waals surface area contributed by atoms with Crippen LogP contribution in [0.2, 0.25) is 0 Å². The highest BCUT2D eigenvalue weighted by atomic mass is 127. The quantitative estimate of drug-likeness (QED) is 0.866. The normalized spacial score (nSPS) is 12.6. The van der Waals surface area contributed by atoms with Crippen LogP contribution in [0.15, 0.2) is 28.8 Å². The van der Waals surface area contributed by atoms with E-state index in [2.05, 4.69) is 32.7 Å². The van der Waals surface area contributed by atoms with Gasteiger partial charge in [-0.1, -0.05) is 30.6 Å². The average molecular weight is 344 g/mol. The second-order valence-electron chi connectivity index (χ2n) is 3.74. The minimum Gasteiger partial charge on any atom is -0.385 e. The summed E-state index contributed by atoms with van der Waals surface area (Å²) < 4.78 is 6.22. The Labute approximate surface area is 113 Å². The smallest absolute Gasteiger partial charge is 0.259 e. The number of halogens is 1. The van der Waals surface area contributed by atoms with Gasteiger partial charge >= 0.3 is 0 Å². The van der Waals surface area contributed by atoms with Gasteiger partial charge < -0.3 is 9.63 Å². The van der Waals surface area contributed by atoms with Crippen LogP contribution in [0.1, 0.15) is 31.7 Å². The molecule has 1 aromatic carbocycles. The number of aliphatic hydroxyl groups is 1. The van der Waals surface area contributed by atoms with Crippen molar-refractivity contribution in [1.29, 1.82) is 0 Å². The average Bonchev–Trinajstić information content (AvgIpc) is 2.79. The van der Waals surface area contributed by atoms with Crippen molar-refractivity contribution in [2.75, 3.05) is 0 Å². The number of nitrogens with zero attached hydrogens (tertiary/aromatic N) is 2. The van der Waals surface area contributed by atoms with Crippen molar-refractivity contribution in [3.8, 4) is 11.5 Å². The van der Waals surface area contributed by atoms with Gasteiger partial charge in [-0.3, -0.25) is 0 Å². The van der Waals surface area contributed by atoms with Gasteiger partial charge in [-0.2, -0.15) is 4.98 Å². The highest BCUT2D eigenvalue weighted by molar-refractivity contribution is 14.1. The van der Waals surface area contributed by atoms with Gasteiger partial charge in [0, 0.05) is 3.57 Å². The predicted octanol–water partition coefficient (Wildman–Crippen LogP) is 3.17. The van der Waals surface area contributed by atoms with Crippen molar-refractivity contribution in [1.82, 2.24) is 10.1 Å².